The fourth-order valence-corrected chi connectivity index (χ4v) is 1.83. The highest BCUT2D eigenvalue weighted by atomic mass is 16.5. The Morgan fingerprint density at radius 2 is 1.90 bits per heavy atom. The van der Waals surface area contributed by atoms with Gasteiger partial charge >= 0.3 is 5.97 Å². The minimum Gasteiger partial charge on any atom is -0.481 e. The van der Waals surface area contributed by atoms with Gasteiger partial charge in [-0.3, -0.25) is 4.79 Å². The van der Waals surface area contributed by atoms with E-state index in [0.29, 0.717) is 12.2 Å². The molecule has 2 N–H and O–H groups in total. The quantitative estimate of drug-likeness (QED) is 0.772. The Bertz CT molecular complexity index is 470. The molecule has 116 valence electrons. The molecule has 1 rings (SSSR count). The molecule has 2 atom stereocenters. The number of carboxylic acid groups (broad SMARTS) is 1. The number of aliphatic carboxylic acids is 1. The maximum Gasteiger partial charge on any atom is 0.326 e. The summed E-state index contributed by atoms with van der Waals surface area (Å²) in [5.74, 6) is -0.845. The van der Waals surface area contributed by atoms with E-state index in [9.17, 15) is 9.59 Å². The van der Waals surface area contributed by atoms with Gasteiger partial charge in [-0.1, -0.05) is 37.5 Å². The first-order chi connectivity index (χ1) is 9.93. The van der Waals surface area contributed by atoms with E-state index >= 15 is 0 Å². The number of aryl methyl sites for hydroxylation is 1. The Morgan fingerprint density at radius 3 is 2.43 bits per heavy atom. The Kier molecular flexibility index (Phi) is 6.72. The molecule has 1 unspecified atom stereocenters. The third-order valence-corrected chi connectivity index (χ3v) is 3.16. The van der Waals surface area contributed by atoms with Crippen LogP contribution >= 0.6 is 0 Å². The summed E-state index contributed by atoms with van der Waals surface area (Å²) in [6.07, 6.45) is 1.32. The van der Waals surface area contributed by atoms with Crippen LogP contribution < -0.4 is 10.1 Å². The average Bonchev–Trinajstić information content (AvgIpc) is 2.45. The number of carboxylic acids is 1. The summed E-state index contributed by atoms with van der Waals surface area (Å²) in [5.41, 5.74) is 1.10. The SMILES string of the molecule is CCCC[C@H](NC(=O)C(C)Oc1ccc(C)cc1)C(=O)O. The number of nitrogens with one attached hydrogen (secondary N) is 1. The fourth-order valence-electron chi connectivity index (χ4n) is 1.83. The first-order valence-corrected chi connectivity index (χ1v) is 7.20. The number of benzene rings is 1. The summed E-state index contributed by atoms with van der Waals surface area (Å²) < 4.78 is 5.51. The second-order valence-corrected chi connectivity index (χ2v) is 5.11. The first kappa shape index (κ1) is 17.0. The lowest BCUT2D eigenvalue weighted by molar-refractivity contribution is -0.143. The third kappa shape index (κ3) is 5.85. The van der Waals surface area contributed by atoms with Gasteiger partial charge in [-0.25, -0.2) is 4.79 Å². The molecule has 0 aliphatic heterocycles. The minimum absolute atomic E-state index is 0.418. The summed E-state index contributed by atoms with van der Waals surface area (Å²) in [6.45, 7) is 5.54. The molecule has 0 aromatic heterocycles. The second-order valence-electron chi connectivity index (χ2n) is 5.11. The number of ether oxygens (including phenoxy) is 1. The standard InChI is InChI=1S/C16H23NO4/c1-4-5-6-14(16(19)20)17-15(18)12(3)21-13-9-7-11(2)8-10-13/h7-10,12,14H,4-6H2,1-3H3,(H,17,18)(H,19,20)/t12?,14-/m0/s1. The van der Waals surface area contributed by atoms with Crippen LogP contribution in [0.25, 0.3) is 0 Å². The van der Waals surface area contributed by atoms with Crippen LogP contribution in [0.1, 0.15) is 38.7 Å². The van der Waals surface area contributed by atoms with Crippen molar-refractivity contribution in [1.29, 1.82) is 0 Å². The Hall–Kier alpha value is -2.04. The van der Waals surface area contributed by atoms with Crippen LogP contribution in [0.5, 0.6) is 5.75 Å². The summed E-state index contributed by atoms with van der Waals surface area (Å²) >= 11 is 0. The van der Waals surface area contributed by atoms with Gasteiger partial charge in [0.05, 0.1) is 0 Å². The third-order valence-electron chi connectivity index (χ3n) is 3.16. The maximum absolute atomic E-state index is 12.0. The molecule has 1 aromatic carbocycles. The molecule has 5 heteroatoms. The van der Waals surface area contributed by atoms with E-state index in [0.717, 1.165) is 18.4 Å². The average molecular weight is 293 g/mol. The highest BCUT2D eigenvalue weighted by Crippen LogP contribution is 2.13. The molecular formula is C16H23NO4. The van der Waals surface area contributed by atoms with Crippen molar-refractivity contribution in [1.82, 2.24) is 5.32 Å². The molecule has 0 heterocycles. The van der Waals surface area contributed by atoms with Gasteiger partial charge in [0, 0.05) is 0 Å². The van der Waals surface area contributed by atoms with E-state index in [1.54, 1.807) is 19.1 Å². The number of amides is 1. The van der Waals surface area contributed by atoms with Crippen LogP contribution in [-0.2, 0) is 9.59 Å². The van der Waals surface area contributed by atoms with Crippen LogP contribution in [-0.4, -0.2) is 29.1 Å². The Morgan fingerprint density at radius 1 is 1.29 bits per heavy atom. The minimum atomic E-state index is -1.01. The molecule has 21 heavy (non-hydrogen) atoms. The monoisotopic (exact) mass is 293 g/mol. The van der Waals surface area contributed by atoms with Gasteiger partial charge in [0.25, 0.3) is 5.91 Å². The van der Waals surface area contributed by atoms with Crippen LogP contribution in [0, 0.1) is 6.92 Å². The lowest BCUT2D eigenvalue weighted by Crippen LogP contribution is -2.46. The predicted molar refractivity (Wildman–Crippen MR) is 80.4 cm³/mol. The van der Waals surface area contributed by atoms with Crippen LogP contribution in [0.2, 0.25) is 0 Å². The highest BCUT2D eigenvalue weighted by Gasteiger charge is 2.23. The maximum atomic E-state index is 12.0. The largest absolute Gasteiger partial charge is 0.481 e. The highest BCUT2D eigenvalue weighted by molar-refractivity contribution is 5.86. The van der Waals surface area contributed by atoms with Crippen molar-refractivity contribution in [3.05, 3.63) is 29.8 Å². The number of carbonyl (C=O) groups excluding carboxylic acids is 1. The normalized spacial score (nSPS) is 13.3. The van der Waals surface area contributed by atoms with Crippen molar-refractivity contribution in [2.24, 2.45) is 0 Å². The smallest absolute Gasteiger partial charge is 0.326 e. The first-order valence-electron chi connectivity index (χ1n) is 7.20. The molecule has 0 aliphatic rings. The van der Waals surface area contributed by atoms with Gasteiger partial charge in [0.2, 0.25) is 0 Å². The Balaban J connectivity index is 2.56. The lowest BCUT2D eigenvalue weighted by atomic mass is 10.1. The molecule has 0 aliphatic carbocycles. The molecule has 0 saturated carbocycles. The zero-order valence-corrected chi connectivity index (χ0v) is 12.8. The topological polar surface area (TPSA) is 75.6 Å². The van der Waals surface area contributed by atoms with Crippen molar-refractivity contribution in [2.45, 2.75) is 52.2 Å². The summed E-state index contributed by atoms with van der Waals surface area (Å²) in [4.78, 5) is 23.1. The summed E-state index contributed by atoms with van der Waals surface area (Å²) in [7, 11) is 0. The molecule has 0 fully saturated rings. The van der Waals surface area contributed by atoms with E-state index in [1.807, 2.05) is 26.0 Å². The van der Waals surface area contributed by atoms with Crippen LogP contribution in [0.15, 0.2) is 24.3 Å². The van der Waals surface area contributed by atoms with E-state index < -0.39 is 24.0 Å². The van der Waals surface area contributed by atoms with E-state index in [-0.39, 0.29) is 0 Å². The second kappa shape index (κ2) is 8.29. The van der Waals surface area contributed by atoms with Crippen molar-refractivity contribution in [3.63, 3.8) is 0 Å². The number of hydrogen-bond donors (Lipinski definition) is 2. The van der Waals surface area contributed by atoms with Crippen molar-refractivity contribution < 1.29 is 19.4 Å². The molecule has 0 radical (unpaired) electrons. The van der Waals surface area contributed by atoms with Crippen molar-refractivity contribution >= 4 is 11.9 Å². The molecule has 5 nitrogen and oxygen atoms in total. The zero-order chi connectivity index (χ0) is 15.8. The van der Waals surface area contributed by atoms with Crippen LogP contribution in [0.3, 0.4) is 0 Å². The number of rotatable bonds is 8. The molecule has 1 aromatic rings. The van der Waals surface area contributed by atoms with Gasteiger partial charge in [-0.2, -0.15) is 0 Å². The lowest BCUT2D eigenvalue weighted by Gasteiger charge is -2.18. The molecule has 0 spiro atoms. The number of carbonyl (C=O) groups is 2. The van der Waals surface area contributed by atoms with E-state index in [1.165, 1.54) is 0 Å². The molecular weight excluding hydrogens is 270 g/mol. The zero-order valence-electron chi connectivity index (χ0n) is 12.8. The predicted octanol–water partition coefficient (Wildman–Crippen LogP) is 2.52. The van der Waals surface area contributed by atoms with Gasteiger partial charge in [0.15, 0.2) is 6.10 Å². The van der Waals surface area contributed by atoms with Crippen LogP contribution in [0.4, 0.5) is 0 Å². The Labute approximate surface area is 125 Å². The van der Waals surface area contributed by atoms with Crippen molar-refractivity contribution in [3.8, 4) is 5.75 Å². The van der Waals surface area contributed by atoms with Gasteiger partial charge in [0.1, 0.15) is 11.8 Å². The van der Waals surface area contributed by atoms with E-state index in [4.69, 9.17) is 9.84 Å². The van der Waals surface area contributed by atoms with E-state index in [2.05, 4.69) is 5.32 Å². The number of hydrogen-bond acceptors (Lipinski definition) is 3. The molecule has 1 amide bonds. The fraction of sp³-hybridized carbons (Fsp3) is 0.500. The number of unbranched alkanes of at least 4 members (excludes halogenated alkanes) is 1. The van der Waals surface area contributed by atoms with Crippen molar-refractivity contribution in [2.75, 3.05) is 0 Å². The summed E-state index contributed by atoms with van der Waals surface area (Å²) in [6, 6.07) is 6.49. The van der Waals surface area contributed by atoms with Gasteiger partial charge in [-0.05, 0) is 32.4 Å². The molecule has 0 saturated heterocycles. The molecule has 0 bridgehead atoms. The van der Waals surface area contributed by atoms with Gasteiger partial charge in [-0.15, -0.1) is 0 Å². The van der Waals surface area contributed by atoms with Gasteiger partial charge < -0.3 is 15.2 Å². The summed E-state index contributed by atoms with van der Waals surface area (Å²) in [5, 5.41) is 11.6.